The number of halogens is 1. The van der Waals surface area contributed by atoms with Gasteiger partial charge < -0.3 is 14.2 Å². The molecule has 114 valence electrons. The van der Waals surface area contributed by atoms with Gasteiger partial charge in [-0.25, -0.2) is 4.79 Å². The molecule has 0 atom stereocenters. The molecule has 0 saturated heterocycles. The van der Waals surface area contributed by atoms with Crippen LogP contribution in [0.5, 0.6) is 11.5 Å². The number of benzene rings is 2. The maximum absolute atomic E-state index is 11.8. The third-order valence-electron chi connectivity index (χ3n) is 3.23. The molecule has 1 aliphatic heterocycles. The van der Waals surface area contributed by atoms with Crippen LogP contribution < -0.4 is 14.8 Å². The zero-order valence-electron chi connectivity index (χ0n) is 11.9. The first-order valence-electron chi connectivity index (χ1n) is 6.70. The highest BCUT2D eigenvalue weighted by molar-refractivity contribution is 6.30. The van der Waals surface area contributed by atoms with Gasteiger partial charge >= 0.3 is 6.09 Å². The van der Waals surface area contributed by atoms with Crippen LogP contribution in [0.2, 0.25) is 5.02 Å². The Morgan fingerprint density at radius 1 is 1.23 bits per heavy atom. The van der Waals surface area contributed by atoms with Gasteiger partial charge in [-0.2, -0.15) is 0 Å². The van der Waals surface area contributed by atoms with Crippen molar-refractivity contribution in [1.29, 1.82) is 0 Å². The maximum Gasteiger partial charge on any atom is 0.411 e. The van der Waals surface area contributed by atoms with E-state index in [9.17, 15) is 4.79 Å². The minimum Gasteiger partial charge on any atom is -0.454 e. The van der Waals surface area contributed by atoms with Gasteiger partial charge in [0.05, 0.1) is 0 Å². The molecule has 5 nitrogen and oxygen atoms in total. The van der Waals surface area contributed by atoms with Crippen molar-refractivity contribution in [3.05, 3.63) is 52.5 Å². The molecule has 1 N–H and O–H groups in total. The molecule has 22 heavy (non-hydrogen) atoms. The molecule has 1 amide bonds. The van der Waals surface area contributed by atoms with E-state index in [4.69, 9.17) is 25.8 Å². The summed E-state index contributed by atoms with van der Waals surface area (Å²) in [5, 5.41) is 3.31. The molecule has 0 unspecified atom stereocenters. The smallest absolute Gasteiger partial charge is 0.411 e. The number of carbonyl (C=O) groups excluding carboxylic acids is 1. The number of nitrogens with one attached hydrogen (secondary N) is 1. The van der Waals surface area contributed by atoms with Gasteiger partial charge in [-0.15, -0.1) is 0 Å². The highest BCUT2D eigenvalue weighted by Gasteiger charge is 2.14. The molecule has 0 aromatic heterocycles. The normalized spacial score (nSPS) is 12.1. The second-order valence-electron chi connectivity index (χ2n) is 4.85. The van der Waals surface area contributed by atoms with E-state index in [-0.39, 0.29) is 13.4 Å². The summed E-state index contributed by atoms with van der Waals surface area (Å²) in [6.45, 7) is 2.23. The monoisotopic (exact) mass is 319 g/mol. The number of hydrogen-bond donors (Lipinski definition) is 1. The number of anilines is 1. The summed E-state index contributed by atoms with van der Waals surface area (Å²) in [5.74, 6) is 1.36. The van der Waals surface area contributed by atoms with Gasteiger partial charge in [-0.1, -0.05) is 17.7 Å². The molecule has 3 rings (SSSR count). The zero-order chi connectivity index (χ0) is 15.5. The number of amides is 1. The van der Waals surface area contributed by atoms with E-state index in [2.05, 4.69) is 5.32 Å². The highest BCUT2D eigenvalue weighted by atomic mass is 35.5. The molecule has 0 radical (unpaired) electrons. The molecule has 2 aromatic carbocycles. The quantitative estimate of drug-likeness (QED) is 0.924. The van der Waals surface area contributed by atoms with Gasteiger partial charge in [-0.3, -0.25) is 5.32 Å². The first-order chi connectivity index (χ1) is 10.6. The van der Waals surface area contributed by atoms with E-state index in [0.29, 0.717) is 22.2 Å². The Bertz CT molecular complexity index is 717. The molecule has 1 aliphatic rings. The highest BCUT2D eigenvalue weighted by Crippen LogP contribution is 2.32. The maximum atomic E-state index is 11.8. The van der Waals surface area contributed by atoms with Crippen molar-refractivity contribution in [3.8, 4) is 11.5 Å². The Morgan fingerprint density at radius 2 is 2.05 bits per heavy atom. The van der Waals surface area contributed by atoms with Crippen LogP contribution in [0.25, 0.3) is 0 Å². The number of fused-ring (bicyclic) bond motifs is 1. The minimum atomic E-state index is -0.525. The van der Waals surface area contributed by atoms with Gasteiger partial charge in [0.15, 0.2) is 11.5 Å². The first kappa shape index (κ1) is 14.5. The molecule has 6 heteroatoms. The van der Waals surface area contributed by atoms with E-state index in [1.165, 1.54) is 0 Å². The van der Waals surface area contributed by atoms with E-state index >= 15 is 0 Å². The summed E-state index contributed by atoms with van der Waals surface area (Å²) >= 11 is 5.88. The zero-order valence-corrected chi connectivity index (χ0v) is 12.6. The van der Waals surface area contributed by atoms with Crippen LogP contribution in [0.15, 0.2) is 36.4 Å². The number of carbonyl (C=O) groups is 1. The second kappa shape index (κ2) is 6.15. The Labute approximate surface area is 132 Å². The Morgan fingerprint density at radius 3 is 2.86 bits per heavy atom. The van der Waals surface area contributed by atoms with Gasteiger partial charge in [0.1, 0.15) is 6.61 Å². The lowest BCUT2D eigenvalue weighted by Crippen LogP contribution is -2.14. The number of ether oxygens (including phenoxy) is 3. The summed E-state index contributed by atoms with van der Waals surface area (Å²) in [4.78, 5) is 11.8. The molecule has 0 aliphatic carbocycles. The molecule has 0 saturated carbocycles. The second-order valence-corrected chi connectivity index (χ2v) is 5.28. The summed E-state index contributed by atoms with van der Waals surface area (Å²) in [6, 6.07) is 10.6. The number of rotatable bonds is 3. The van der Waals surface area contributed by atoms with Crippen molar-refractivity contribution in [2.45, 2.75) is 13.5 Å². The lowest BCUT2D eigenvalue weighted by molar-refractivity contribution is 0.154. The molecule has 0 bridgehead atoms. The molecule has 2 aromatic rings. The summed E-state index contributed by atoms with van der Waals surface area (Å²) in [6.07, 6.45) is -0.525. The molecule has 0 fully saturated rings. The summed E-state index contributed by atoms with van der Waals surface area (Å²) < 4.78 is 15.7. The average Bonchev–Trinajstić information content (AvgIpc) is 2.95. The van der Waals surface area contributed by atoms with Crippen LogP contribution >= 0.6 is 11.6 Å². The van der Waals surface area contributed by atoms with Crippen LogP contribution in [-0.4, -0.2) is 12.9 Å². The minimum absolute atomic E-state index is 0.148. The third-order valence-corrected chi connectivity index (χ3v) is 3.47. The van der Waals surface area contributed by atoms with Crippen LogP contribution in [0.1, 0.15) is 11.1 Å². The standard InChI is InChI=1S/C16H14ClNO4/c1-10-6-12(17)3-4-13(10)18-16(19)20-8-11-2-5-14-15(7-11)22-9-21-14/h2-7H,8-9H2,1H3,(H,18,19). The van der Waals surface area contributed by atoms with E-state index in [1.807, 2.05) is 13.0 Å². The summed E-state index contributed by atoms with van der Waals surface area (Å²) in [7, 11) is 0. The fourth-order valence-corrected chi connectivity index (χ4v) is 2.32. The van der Waals surface area contributed by atoms with Crippen molar-refractivity contribution in [2.24, 2.45) is 0 Å². The number of aryl methyl sites for hydroxylation is 1. The predicted octanol–water partition coefficient (Wildman–Crippen LogP) is 4.13. The fourth-order valence-electron chi connectivity index (χ4n) is 2.09. The fraction of sp³-hybridized carbons (Fsp3) is 0.188. The topological polar surface area (TPSA) is 56.8 Å². The van der Waals surface area contributed by atoms with Crippen molar-refractivity contribution in [2.75, 3.05) is 12.1 Å². The Hall–Kier alpha value is -2.40. The van der Waals surface area contributed by atoms with Crippen molar-refractivity contribution in [1.82, 2.24) is 0 Å². The van der Waals surface area contributed by atoms with Gasteiger partial charge in [0.2, 0.25) is 6.79 Å². The van der Waals surface area contributed by atoms with E-state index in [1.54, 1.807) is 30.3 Å². The van der Waals surface area contributed by atoms with Gasteiger partial charge in [0.25, 0.3) is 0 Å². The average molecular weight is 320 g/mol. The molecular weight excluding hydrogens is 306 g/mol. The van der Waals surface area contributed by atoms with Crippen LogP contribution in [0.3, 0.4) is 0 Å². The molecule has 0 spiro atoms. The third kappa shape index (κ3) is 3.26. The van der Waals surface area contributed by atoms with Crippen molar-refractivity contribution < 1.29 is 19.0 Å². The van der Waals surface area contributed by atoms with Crippen LogP contribution in [0.4, 0.5) is 10.5 Å². The molecule has 1 heterocycles. The first-order valence-corrected chi connectivity index (χ1v) is 7.08. The van der Waals surface area contributed by atoms with Crippen molar-refractivity contribution >= 4 is 23.4 Å². The Balaban J connectivity index is 1.58. The molecular formula is C16H14ClNO4. The summed E-state index contributed by atoms with van der Waals surface area (Å²) in [5.41, 5.74) is 2.36. The number of hydrogen-bond acceptors (Lipinski definition) is 4. The van der Waals surface area contributed by atoms with Crippen LogP contribution in [0, 0.1) is 6.92 Å². The van der Waals surface area contributed by atoms with Crippen molar-refractivity contribution in [3.63, 3.8) is 0 Å². The van der Waals surface area contributed by atoms with E-state index < -0.39 is 6.09 Å². The van der Waals surface area contributed by atoms with Gasteiger partial charge in [0, 0.05) is 10.7 Å². The van der Waals surface area contributed by atoms with E-state index in [0.717, 1.165) is 11.1 Å². The Kier molecular flexibility index (Phi) is 4.06. The van der Waals surface area contributed by atoms with Gasteiger partial charge in [-0.05, 0) is 48.4 Å². The lowest BCUT2D eigenvalue weighted by atomic mass is 10.2. The van der Waals surface area contributed by atoms with Crippen LogP contribution in [-0.2, 0) is 11.3 Å². The lowest BCUT2D eigenvalue weighted by Gasteiger charge is -2.10. The predicted molar refractivity (Wildman–Crippen MR) is 82.6 cm³/mol. The largest absolute Gasteiger partial charge is 0.454 e. The SMILES string of the molecule is Cc1cc(Cl)ccc1NC(=O)OCc1ccc2c(c1)OCO2.